The lowest BCUT2D eigenvalue weighted by Gasteiger charge is -2.17. The van der Waals surface area contributed by atoms with Gasteiger partial charge in [-0.25, -0.2) is 0 Å². The van der Waals surface area contributed by atoms with Gasteiger partial charge in [-0.05, 0) is 6.42 Å². The molecule has 0 bridgehead atoms. The van der Waals surface area contributed by atoms with Gasteiger partial charge in [0.15, 0.2) is 6.54 Å². The lowest BCUT2D eigenvalue weighted by Crippen LogP contribution is -2.34. The largest absolute Gasteiger partial charge is 0.480 e. The first-order chi connectivity index (χ1) is 8.99. The SMILES string of the molecule is CCCCCCC(=O)ON(CC(=O)O)OC(=O)CC. The van der Waals surface area contributed by atoms with Gasteiger partial charge < -0.3 is 14.8 Å². The van der Waals surface area contributed by atoms with Gasteiger partial charge in [0.2, 0.25) is 0 Å². The summed E-state index contributed by atoms with van der Waals surface area (Å²) >= 11 is 0. The fourth-order valence-electron chi connectivity index (χ4n) is 1.23. The molecule has 0 aliphatic carbocycles. The molecule has 19 heavy (non-hydrogen) atoms. The number of hydroxylamine groups is 2. The van der Waals surface area contributed by atoms with Crippen LogP contribution < -0.4 is 0 Å². The van der Waals surface area contributed by atoms with E-state index < -0.39 is 24.5 Å². The van der Waals surface area contributed by atoms with E-state index >= 15 is 0 Å². The van der Waals surface area contributed by atoms with Crippen LogP contribution in [0.3, 0.4) is 0 Å². The molecule has 0 saturated carbocycles. The van der Waals surface area contributed by atoms with Gasteiger partial charge in [0.25, 0.3) is 0 Å². The minimum atomic E-state index is -1.26. The number of unbranched alkanes of at least 4 members (excludes halogenated alkanes) is 3. The summed E-state index contributed by atoms with van der Waals surface area (Å²) in [7, 11) is 0. The minimum Gasteiger partial charge on any atom is -0.480 e. The Balaban J connectivity index is 4.11. The average Bonchev–Trinajstić information content (AvgIpc) is 2.33. The van der Waals surface area contributed by atoms with Crippen LogP contribution in [0.4, 0.5) is 0 Å². The molecule has 0 amide bonds. The van der Waals surface area contributed by atoms with E-state index in [4.69, 9.17) is 5.11 Å². The molecule has 110 valence electrons. The minimum absolute atomic E-state index is 0.0597. The molecule has 0 rings (SSSR count). The summed E-state index contributed by atoms with van der Waals surface area (Å²) in [6, 6.07) is 0. The molecule has 0 spiro atoms. The Kier molecular flexibility index (Phi) is 9.42. The average molecular weight is 275 g/mol. The summed E-state index contributed by atoms with van der Waals surface area (Å²) in [6.07, 6.45) is 3.86. The monoisotopic (exact) mass is 275 g/mol. The second kappa shape index (κ2) is 10.3. The van der Waals surface area contributed by atoms with Crippen LogP contribution in [0, 0.1) is 0 Å². The molecule has 0 unspecified atom stereocenters. The van der Waals surface area contributed by atoms with Crippen LogP contribution in [0.15, 0.2) is 0 Å². The lowest BCUT2D eigenvalue weighted by molar-refractivity contribution is -0.322. The van der Waals surface area contributed by atoms with Gasteiger partial charge in [-0.3, -0.25) is 14.4 Å². The Labute approximate surface area is 112 Å². The van der Waals surface area contributed by atoms with Crippen LogP contribution in [0.1, 0.15) is 52.4 Å². The first-order valence-electron chi connectivity index (χ1n) is 6.40. The summed E-state index contributed by atoms with van der Waals surface area (Å²) in [6.45, 7) is 2.90. The van der Waals surface area contributed by atoms with Gasteiger partial charge >= 0.3 is 17.9 Å². The molecule has 0 aromatic carbocycles. The molecule has 7 heteroatoms. The Bertz CT molecular complexity index is 305. The number of carboxylic acids is 1. The Hall–Kier alpha value is -1.63. The molecule has 7 nitrogen and oxygen atoms in total. The van der Waals surface area contributed by atoms with Crippen LogP contribution >= 0.6 is 0 Å². The summed E-state index contributed by atoms with van der Waals surface area (Å²) < 4.78 is 0. The van der Waals surface area contributed by atoms with Gasteiger partial charge in [0.05, 0.1) is 0 Å². The number of nitrogens with zero attached hydrogens (tertiary/aromatic N) is 1. The van der Waals surface area contributed by atoms with E-state index in [1.54, 1.807) is 6.92 Å². The highest BCUT2D eigenvalue weighted by Gasteiger charge is 2.19. The van der Waals surface area contributed by atoms with Crippen LogP contribution in [0.25, 0.3) is 0 Å². The van der Waals surface area contributed by atoms with Crippen molar-refractivity contribution in [2.24, 2.45) is 0 Å². The molecule has 0 heterocycles. The molecule has 0 aromatic rings. The molecular formula is C12H21NO6. The van der Waals surface area contributed by atoms with E-state index in [-0.39, 0.29) is 12.8 Å². The molecular weight excluding hydrogens is 254 g/mol. The van der Waals surface area contributed by atoms with Crippen LogP contribution in [-0.4, -0.2) is 34.8 Å². The predicted molar refractivity (Wildman–Crippen MR) is 65.6 cm³/mol. The van der Waals surface area contributed by atoms with E-state index in [0.717, 1.165) is 19.3 Å². The van der Waals surface area contributed by atoms with Crippen molar-refractivity contribution in [2.45, 2.75) is 52.4 Å². The topological polar surface area (TPSA) is 93.1 Å². The van der Waals surface area contributed by atoms with Crippen LogP contribution in [0.5, 0.6) is 0 Å². The first-order valence-corrected chi connectivity index (χ1v) is 6.40. The van der Waals surface area contributed by atoms with E-state index in [1.807, 2.05) is 0 Å². The smallest absolute Gasteiger partial charge is 0.329 e. The van der Waals surface area contributed by atoms with E-state index in [9.17, 15) is 14.4 Å². The van der Waals surface area contributed by atoms with Crippen molar-refractivity contribution in [3.8, 4) is 0 Å². The molecule has 0 aliphatic heterocycles. The molecule has 0 radical (unpaired) electrons. The Morgan fingerprint density at radius 3 is 2.16 bits per heavy atom. The number of carbonyl (C=O) groups excluding carboxylic acids is 2. The molecule has 0 atom stereocenters. The molecule has 0 fully saturated rings. The lowest BCUT2D eigenvalue weighted by atomic mass is 10.2. The highest BCUT2D eigenvalue weighted by molar-refractivity contribution is 5.72. The van der Waals surface area contributed by atoms with Crippen molar-refractivity contribution in [3.05, 3.63) is 0 Å². The predicted octanol–water partition coefficient (Wildman–Crippen LogP) is 1.67. The Morgan fingerprint density at radius 2 is 1.63 bits per heavy atom. The number of hydrogen-bond donors (Lipinski definition) is 1. The third kappa shape index (κ3) is 10.0. The summed E-state index contributed by atoms with van der Waals surface area (Å²) in [5.41, 5.74) is 0. The zero-order valence-electron chi connectivity index (χ0n) is 11.4. The van der Waals surface area contributed by atoms with Crippen molar-refractivity contribution in [1.82, 2.24) is 5.23 Å². The third-order valence-corrected chi connectivity index (χ3v) is 2.19. The van der Waals surface area contributed by atoms with Crippen molar-refractivity contribution in [3.63, 3.8) is 0 Å². The van der Waals surface area contributed by atoms with Crippen LogP contribution in [-0.2, 0) is 24.1 Å². The first kappa shape index (κ1) is 17.4. The summed E-state index contributed by atoms with van der Waals surface area (Å²) in [5, 5.41) is 9.02. The molecule has 0 saturated heterocycles. The maximum Gasteiger partial charge on any atom is 0.329 e. The van der Waals surface area contributed by atoms with E-state index in [1.165, 1.54) is 0 Å². The van der Waals surface area contributed by atoms with Crippen molar-refractivity contribution >= 4 is 17.9 Å². The maximum atomic E-state index is 11.4. The number of carboxylic acid groups (broad SMARTS) is 1. The maximum absolute atomic E-state index is 11.4. The van der Waals surface area contributed by atoms with Crippen molar-refractivity contribution < 1.29 is 29.2 Å². The van der Waals surface area contributed by atoms with E-state index in [0.29, 0.717) is 11.6 Å². The van der Waals surface area contributed by atoms with Gasteiger partial charge in [0.1, 0.15) is 0 Å². The van der Waals surface area contributed by atoms with E-state index in [2.05, 4.69) is 16.6 Å². The number of aliphatic carboxylic acids is 1. The fourth-order valence-corrected chi connectivity index (χ4v) is 1.23. The second-order valence-electron chi connectivity index (χ2n) is 3.98. The standard InChI is InChI=1S/C12H21NO6/c1-3-5-6-7-8-12(17)19-13(9-10(14)15)18-11(16)4-2/h3-9H2,1-2H3,(H,14,15). The normalized spacial score (nSPS) is 10.3. The molecule has 0 aromatic heterocycles. The quantitative estimate of drug-likeness (QED) is 0.478. The van der Waals surface area contributed by atoms with Crippen molar-refractivity contribution in [2.75, 3.05) is 6.54 Å². The van der Waals surface area contributed by atoms with Crippen LogP contribution in [0.2, 0.25) is 0 Å². The fraction of sp³-hybridized carbons (Fsp3) is 0.750. The number of carbonyl (C=O) groups is 3. The highest BCUT2D eigenvalue weighted by Crippen LogP contribution is 2.05. The zero-order valence-corrected chi connectivity index (χ0v) is 11.4. The molecule has 0 aliphatic rings. The number of hydrogen-bond acceptors (Lipinski definition) is 6. The molecule has 1 N–H and O–H groups in total. The zero-order chi connectivity index (χ0) is 14.7. The second-order valence-corrected chi connectivity index (χ2v) is 3.98. The van der Waals surface area contributed by atoms with Crippen molar-refractivity contribution in [1.29, 1.82) is 0 Å². The van der Waals surface area contributed by atoms with Gasteiger partial charge in [-0.15, -0.1) is 0 Å². The highest BCUT2D eigenvalue weighted by atomic mass is 17.0. The van der Waals surface area contributed by atoms with Gasteiger partial charge in [0, 0.05) is 18.1 Å². The third-order valence-electron chi connectivity index (χ3n) is 2.19. The number of rotatable bonds is 10. The Morgan fingerprint density at radius 1 is 1.00 bits per heavy atom. The van der Waals surface area contributed by atoms with Gasteiger partial charge in [-0.2, -0.15) is 0 Å². The summed E-state index contributed by atoms with van der Waals surface area (Å²) in [5.74, 6) is -2.54. The summed E-state index contributed by atoms with van der Waals surface area (Å²) in [4.78, 5) is 42.3. The van der Waals surface area contributed by atoms with Gasteiger partial charge in [-0.1, -0.05) is 33.1 Å².